The van der Waals surface area contributed by atoms with E-state index in [9.17, 15) is 4.79 Å². The number of fused-ring (bicyclic) bond motifs is 5. The summed E-state index contributed by atoms with van der Waals surface area (Å²) in [5.74, 6) is 0.555. The molecule has 0 spiro atoms. The predicted molar refractivity (Wildman–Crippen MR) is 240 cm³/mol. The third kappa shape index (κ3) is 8.41. The Morgan fingerprint density at radius 2 is 1.75 bits per heavy atom. The summed E-state index contributed by atoms with van der Waals surface area (Å²) in [6.45, 7) is 22.4. The maximum Gasteiger partial charge on any atom is 0.410 e. The first-order chi connectivity index (χ1) is 28.9. The van der Waals surface area contributed by atoms with Crippen molar-refractivity contribution in [2.75, 3.05) is 51.7 Å². The number of ether oxygens (including phenoxy) is 4. The fraction of sp³-hybridized carbons (Fsp3) is 0.617. The maximum atomic E-state index is 17.6. The van der Waals surface area contributed by atoms with Crippen molar-refractivity contribution in [1.29, 1.82) is 0 Å². The van der Waals surface area contributed by atoms with Crippen LogP contribution in [0.4, 0.5) is 15.0 Å². The first kappa shape index (κ1) is 43.5. The van der Waals surface area contributed by atoms with Crippen LogP contribution in [0, 0.1) is 5.82 Å². The van der Waals surface area contributed by atoms with Crippen molar-refractivity contribution >= 4 is 41.9 Å². The molecular formula is C47H65FN6O6Si. The molecule has 330 valence electrons. The average molecular weight is 857 g/mol. The molecule has 2 aromatic heterocycles. The fourth-order valence-corrected chi connectivity index (χ4v) is 10.9. The smallest absolute Gasteiger partial charge is 0.410 e. The molecule has 61 heavy (non-hydrogen) atoms. The lowest BCUT2D eigenvalue weighted by Crippen LogP contribution is -2.57. The van der Waals surface area contributed by atoms with Crippen molar-refractivity contribution in [3.63, 3.8) is 0 Å². The number of anilines is 1. The van der Waals surface area contributed by atoms with E-state index in [1.165, 1.54) is 0 Å². The van der Waals surface area contributed by atoms with Gasteiger partial charge in [-0.15, -0.1) is 0 Å². The molecule has 12 nitrogen and oxygen atoms in total. The molecule has 6 heterocycles. The molecule has 4 aliphatic heterocycles. The zero-order valence-electron chi connectivity index (χ0n) is 37.9. The number of hydrogen-bond acceptors (Lipinski definition) is 11. The van der Waals surface area contributed by atoms with Crippen molar-refractivity contribution in [3.05, 3.63) is 47.9 Å². The summed E-state index contributed by atoms with van der Waals surface area (Å²) >= 11 is 0. The highest BCUT2D eigenvalue weighted by Gasteiger charge is 2.51. The van der Waals surface area contributed by atoms with Gasteiger partial charge in [0.1, 0.15) is 35.0 Å². The van der Waals surface area contributed by atoms with Gasteiger partial charge in [-0.2, -0.15) is 9.97 Å². The van der Waals surface area contributed by atoms with E-state index >= 15 is 4.39 Å². The Balaban J connectivity index is 1.17. The Hall–Kier alpha value is -4.11. The number of benzene rings is 2. The lowest BCUT2D eigenvalue weighted by Gasteiger charge is -2.42. The van der Waals surface area contributed by atoms with E-state index in [-0.39, 0.29) is 52.8 Å². The van der Waals surface area contributed by atoms with Gasteiger partial charge in [-0.25, -0.2) is 9.18 Å². The second kappa shape index (κ2) is 16.5. The van der Waals surface area contributed by atoms with E-state index in [2.05, 4.69) is 56.7 Å². The van der Waals surface area contributed by atoms with Crippen LogP contribution in [0.25, 0.3) is 32.9 Å². The van der Waals surface area contributed by atoms with Gasteiger partial charge in [0.05, 0.1) is 23.0 Å². The summed E-state index contributed by atoms with van der Waals surface area (Å²) in [4.78, 5) is 34.9. The molecule has 4 fully saturated rings. The number of rotatable bonds is 12. The highest BCUT2D eigenvalue weighted by atomic mass is 28.4. The van der Waals surface area contributed by atoms with Crippen LogP contribution in [-0.2, 0) is 20.3 Å². The molecule has 0 N–H and O–H groups in total. The first-order valence-corrected chi connectivity index (χ1v) is 25.2. The number of aryl methyl sites for hydroxylation is 1. The first-order valence-electron chi connectivity index (χ1n) is 22.3. The fourth-order valence-electron chi connectivity index (χ4n) is 9.88. The zero-order valence-corrected chi connectivity index (χ0v) is 38.9. The molecule has 8 rings (SSSR count). The van der Waals surface area contributed by atoms with E-state index in [4.69, 9.17) is 38.3 Å². The van der Waals surface area contributed by atoms with E-state index in [1.54, 1.807) is 13.3 Å². The Bertz CT molecular complexity index is 2270. The molecule has 4 saturated heterocycles. The number of halogens is 1. The number of amides is 1. The molecule has 4 atom stereocenters. The molecule has 2 unspecified atom stereocenters. The number of methoxy groups -OCH3 is 1. The molecule has 4 aliphatic rings. The van der Waals surface area contributed by atoms with Gasteiger partial charge in [0, 0.05) is 44.6 Å². The molecule has 4 aromatic rings. The summed E-state index contributed by atoms with van der Waals surface area (Å²) < 4.78 is 48.1. The van der Waals surface area contributed by atoms with Crippen LogP contribution >= 0.6 is 0 Å². The van der Waals surface area contributed by atoms with Crippen molar-refractivity contribution in [2.24, 2.45) is 0 Å². The quantitative estimate of drug-likeness (QED) is 0.100. The molecular weight excluding hydrogens is 792 g/mol. The number of aromatic nitrogens is 3. The van der Waals surface area contributed by atoms with Gasteiger partial charge in [-0.3, -0.25) is 14.8 Å². The van der Waals surface area contributed by atoms with E-state index in [1.807, 2.05) is 49.9 Å². The third-order valence-corrected chi connectivity index (χ3v) is 18.5. The molecule has 2 aromatic carbocycles. The lowest BCUT2D eigenvalue weighted by atomic mass is 9.95. The molecule has 14 heteroatoms. The van der Waals surface area contributed by atoms with Gasteiger partial charge in [-0.1, -0.05) is 45.9 Å². The number of carbonyl (C=O) groups excluding carboxylic acids is 1. The third-order valence-electron chi connectivity index (χ3n) is 14.0. The minimum absolute atomic E-state index is 0.0514. The summed E-state index contributed by atoms with van der Waals surface area (Å²) in [5.41, 5.74) is 1.23. The van der Waals surface area contributed by atoms with E-state index in [0.717, 1.165) is 74.4 Å². The van der Waals surface area contributed by atoms with Crippen LogP contribution in [0.2, 0.25) is 18.1 Å². The van der Waals surface area contributed by atoms with Crippen LogP contribution in [-0.4, -0.2) is 115 Å². The number of piperazine rings is 1. The number of pyridine rings is 1. The predicted octanol–water partition coefficient (Wildman–Crippen LogP) is 9.51. The van der Waals surface area contributed by atoms with Crippen LogP contribution in [0.5, 0.6) is 11.8 Å². The summed E-state index contributed by atoms with van der Waals surface area (Å²) in [6.07, 6.45) is 7.96. The second-order valence-electron chi connectivity index (χ2n) is 20.2. The molecule has 0 radical (unpaired) electrons. The molecule has 1 amide bonds. The normalized spacial score (nSPS) is 23.3. The van der Waals surface area contributed by atoms with Gasteiger partial charge in [-0.05, 0) is 119 Å². The van der Waals surface area contributed by atoms with E-state index < -0.39 is 19.7 Å². The number of hydrogen-bond donors (Lipinski definition) is 0. The van der Waals surface area contributed by atoms with Gasteiger partial charge >= 0.3 is 12.1 Å². The largest absolute Gasteiger partial charge is 0.468 e. The van der Waals surface area contributed by atoms with E-state index in [0.29, 0.717) is 48.3 Å². The van der Waals surface area contributed by atoms with Crippen LogP contribution in [0.3, 0.4) is 0 Å². The summed E-state index contributed by atoms with van der Waals surface area (Å²) in [6, 6.07) is 10.2. The van der Waals surface area contributed by atoms with Crippen LogP contribution in [0.15, 0.2) is 36.5 Å². The highest BCUT2D eigenvalue weighted by molar-refractivity contribution is 6.74. The average Bonchev–Trinajstić information content (AvgIpc) is 3.86. The van der Waals surface area contributed by atoms with Gasteiger partial charge in [0.2, 0.25) is 0 Å². The highest BCUT2D eigenvalue weighted by Crippen LogP contribution is 2.45. The maximum absolute atomic E-state index is 17.6. The van der Waals surface area contributed by atoms with Crippen molar-refractivity contribution < 1.29 is 32.6 Å². The lowest BCUT2D eigenvalue weighted by molar-refractivity contribution is 0.0122. The van der Waals surface area contributed by atoms with Crippen LogP contribution in [0.1, 0.15) is 92.6 Å². The summed E-state index contributed by atoms with van der Waals surface area (Å²) in [7, 11) is -0.347. The van der Waals surface area contributed by atoms with Crippen molar-refractivity contribution in [1.82, 2.24) is 24.8 Å². The molecule has 2 bridgehead atoms. The minimum atomic E-state index is -1.92. The minimum Gasteiger partial charge on any atom is -0.468 e. The van der Waals surface area contributed by atoms with Crippen LogP contribution < -0.4 is 14.4 Å². The van der Waals surface area contributed by atoms with Gasteiger partial charge in [0.15, 0.2) is 20.9 Å². The summed E-state index contributed by atoms with van der Waals surface area (Å²) in [5, 5.41) is 2.46. The van der Waals surface area contributed by atoms with Crippen molar-refractivity contribution in [3.8, 4) is 23.0 Å². The topological polar surface area (TPSA) is 112 Å². The Morgan fingerprint density at radius 3 is 2.44 bits per heavy atom. The second-order valence-corrected chi connectivity index (χ2v) is 25.0. The number of nitrogens with zero attached hydrogens (tertiary/aromatic N) is 6. The monoisotopic (exact) mass is 856 g/mol. The zero-order chi connectivity index (χ0) is 43.5. The Labute approximate surface area is 361 Å². The SMILES string of the molecule is CCc1cccc2cc(OCOC)cc(-c3ncc4c(N5CC6CCC(C5)N6C(=O)OC(C)(C)C)nc(OC[C@]56CCCN5[C@@H](CO[Si](C)(C)C(C)(C)C)CC6)nc4c3F)c12. The van der Waals surface area contributed by atoms with Crippen molar-refractivity contribution in [2.45, 2.75) is 141 Å². The number of carbonyl (C=O) groups is 1. The Kier molecular flexibility index (Phi) is 11.8. The molecule has 0 saturated carbocycles. The molecule has 0 aliphatic carbocycles. The van der Waals surface area contributed by atoms with Gasteiger partial charge < -0.3 is 28.3 Å². The Morgan fingerprint density at radius 1 is 1.00 bits per heavy atom. The van der Waals surface area contributed by atoms with Gasteiger partial charge in [0.25, 0.3) is 0 Å². The standard InChI is InChI=1S/C47H65FN6O6Si/c1-11-30-14-12-15-31-22-35(58-29-56-8)23-36(38(30)31)40-39(48)41-37(24-49-40)42(52-25-32-16-17-33(26-52)54(32)44(55)60-45(2,3)4)51-43(50-41)57-28-47-19-13-21-53(47)34(18-20-47)27-59-61(9,10)46(5,6)7/h12,14-15,22-24,32-34H,11,13,16-21,25-29H2,1-10H3/t32?,33?,34-,47-/m1/s1.